The molecule has 1 aliphatic rings. The number of nitrogens with zero attached hydrogens (tertiary/aromatic N) is 1. The Kier molecular flexibility index (Phi) is 5.28. The van der Waals surface area contributed by atoms with Gasteiger partial charge in [0.05, 0.1) is 17.7 Å². The van der Waals surface area contributed by atoms with Crippen LogP contribution in [0.2, 0.25) is 0 Å². The summed E-state index contributed by atoms with van der Waals surface area (Å²) in [4.78, 5) is 34.8. The smallest absolute Gasteiger partial charge is 0.279 e. The third kappa shape index (κ3) is 5.33. The molecule has 0 saturated heterocycles. The molecule has 2 amide bonds. The van der Waals surface area contributed by atoms with Crippen LogP contribution in [0.5, 0.6) is 0 Å². The van der Waals surface area contributed by atoms with Crippen LogP contribution >= 0.6 is 0 Å². The number of amides is 2. The third-order valence-electron chi connectivity index (χ3n) is 3.57. The fraction of sp³-hybridized carbons (Fsp3) is 0.467. The standard InChI is InChI=1S/C15H20N4O4/c1-10-3-6-12(19(22)23)7-13(10)17-15(21)9-18(2)8-14(20)16-11-4-5-11/h3,6-7,11H,4-5,8-9H2,1-2H3,(H,16,20)(H,17,21)/p+1. The van der Waals surface area contributed by atoms with Crippen LogP contribution < -0.4 is 15.5 Å². The molecule has 0 radical (unpaired) electrons. The van der Waals surface area contributed by atoms with Gasteiger partial charge in [-0.2, -0.15) is 0 Å². The van der Waals surface area contributed by atoms with Crippen LogP contribution in [-0.4, -0.2) is 42.9 Å². The fourth-order valence-corrected chi connectivity index (χ4v) is 2.17. The molecule has 0 spiro atoms. The monoisotopic (exact) mass is 321 g/mol. The van der Waals surface area contributed by atoms with Gasteiger partial charge in [-0.1, -0.05) is 6.07 Å². The zero-order valence-corrected chi connectivity index (χ0v) is 13.2. The number of quaternary nitrogens is 1. The van der Waals surface area contributed by atoms with Gasteiger partial charge in [0, 0.05) is 18.2 Å². The summed E-state index contributed by atoms with van der Waals surface area (Å²) >= 11 is 0. The first kappa shape index (κ1) is 16.9. The molecule has 3 N–H and O–H groups in total. The van der Waals surface area contributed by atoms with E-state index in [0.29, 0.717) is 11.7 Å². The molecule has 2 rings (SSSR count). The minimum Gasteiger partial charge on any atom is -0.348 e. The maximum absolute atomic E-state index is 12.0. The number of carbonyl (C=O) groups excluding carboxylic acids is 2. The Hall–Kier alpha value is -2.48. The van der Waals surface area contributed by atoms with Crippen molar-refractivity contribution in [3.05, 3.63) is 33.9 Å². The Balaban J connectivity index is 1.87. The maximum Gasteiger partial charge on any atom is 0.279 e. The van der Waals surface area contributed by atoms with Crippen molar-refractivity contribution in [2.24, 2.45) is 0 Å². The van der Waals surface area contributed by atoms with Gasteiger partial charge >= 0.3 is 0 Å². The maximum atomic E-state index is 12.0. The van der Waals surface area contributed by atoms with Crippen molar-refractivity contribution in [3.63, 3.8) is 0 Å². The minimum absolute atomic E-state index is 0.0654. The molecule has 1 saturated carbocycles. The fourth-order valence-electron chi connectivity index (χ4n) is 2.17. The zero-order chi connectivity index (χ0) is 17.0. The predicted octanol–water partition coefficient (Wildman–Crippen LogP) is -0.365. The van der Waals surface area contributed by atoms with E-state index in [2.05, 4.69) is 10.6 Å². The van der Waals surface area contributed by atoms with Crippen LogP contribution in [0.1, 0.15) is 18.4 Å². The molecule has 0 aliphatic heterocycles. The number of nitro groups is 1. The highest BCUT2D eigenvalue weighted by Crippen LogP contribution is 2.21. The summed E-state index contributed by atoms with van der Waals surface area (Å²) < 4.78 is 0. The first-order valence-corrected chi connectivity index (χ1v) is 7.50. The summed E-state index contributed by atoms with van der Waals surface area (Å²) in [6.07, 6.45) is 2.05. The summed E-state index contributed by atoms with van der Waals surface area (Å²) in [5, 5.41) is 16.3. The number of carbonyl (C=O) groups is 2. The lowest BCUT2D eigenvalue weighted by molar-refractivity contribution is -0.862. The SMILES string of the molecule is Cc1ccc([N+](=O)[O-])cc1NC(=O)C[NH+](C)CC(=O)NC1CC1. The molecule has 1 unspecified atom stereocenters. The third-order valence-corrected chi connectivity index (χ3v) is 3.57. The molecule has 0 bridgehead atoms. The van der Waals surface area contributed by atoms with Gasteiger partial charge in [-0.15, -0.1) is 0 Å². The van der Waals surface area contributed by atoms with Gasteiger partial charge in [-0.05, 0) is 25.3 Å². The minimum atomic E-state index is -0.505. The van der Waals surface area contributed by atoms with Crippen LogP contribution in [0.25, 0.3) is 0 Å². The summed E-state index contributed by atoms with van der Waals surface area (Å²) in [5.41, 5.74) is 1.09. The van der Waals surface area contributed by atoms with E-state index in [-0.39, 0.29) is 30.6 Å². The van der Waals surface area contributed by atoms with E-state index >= 15 is 0 Å². The summed E-state index contributed by atoms with van der Waals surface area (Å²) in [6.45, 7) is 2.09. The summed E-state index contributed by atoms with van der Waals surface area (Å²) in [6, 6.07) is 4.62. The van der Waals surface area contributed by atoms with Crippen molar-refractivity contribution >= 4 is 23.2 Å². The molecule has 1 aromatic rings. The number of non-ortho nitro benzene ring substituents is 1. The second-order valence-electron chi connectivity index (χ2n) is 5.96. The van der Waals surface area contributed by atoms with E-state index in [1.165, 1.54) is 12.1 Å². The Morgan fingerprint density at radius 1 is 1.30 bits per heavy atom. The van der Waals surface area contributed by atoms with Crippen molar-refractivity contribution in [3.8, 4) is 0 Å². The predicted molar refractivity (Wildman–Crippen MR) is 84.2 cm³/mol. The molecule has 1 atom stereocenters. The van der Waals surface area contributed by atoms with E-state index in [1.54, 1.807) is 20.0 Å². The van der Waals surface area contributed by atoms with Gasteiger partial charge < -0.3 is 15.5 Å². The molecule has 23 heavy (non-hydrogen) atoms. The Labute approximate surface area is 134 Å². The Morgan fingerprint density at radius 2 is 1.96 bits per heavy atom. The zero-order valence-electron chi connectivity index (χ0n) is 13.2. The molecular formula is C15H21N4O4+. The largest absolute Gasteiger partial charge is 0.348 e. The number of hydrogen-bond acceptors (Lipinski definition) is 4. The highest BCUT2D eigenvalue weighted by atomic mass is 16.6. The summed E-state index contributed by atoms with van der Waals surface area (Å²) in [5.74, 6) is -0.352. The molecule has 1 fully saturated rings. The van der Waals surface area contributed by atoms with Crippen molar-refractivity contribution in [2.45, 2.75) is 25.8 Å². The number of benzene rings is 1. The van der Waals surface area contributed by atoms with Crippen molar-refractivity contribution in [1.82, 2.24) is 5.32 Å². The Morgan fingerprint density at radius 3 is 2.57 bits per heavy atom. The second kappa shape index (κ2) is 7.19. The molecule has 1 aromatic carbocycles. The van der Waals surface area contributed by atoms with Gasteiger partial charge in [0.1, 0.15) is 0 Å². The Bertz CT molecular complexity index is 628. The molecule has 8 heteroatoms. The number of rotatable bonds is 7. The van der Waals surface area contributed by atoms with E-state index in [4.69, 9.17) is 0 Å². The molecule has 0 aromatic heterocycles. The van der Waals surface area contributed by atoms with E-state index in [0.717, 1.165) is 23.3 Å². The molecule has 124 valence electrons. The number of nitro benzene ring substituents is 1. The van der Waals surface area contributed by atoms with Crippen molar-refractivity contribution in [1.29, 1.82) is 0 Å². The first-order chi connectivity index (χ1) is 10.8. The topological polar surface area (TPSA) is 106 Å². The molecule has 8 nitrogen and oxygen atoms in total. The molecule has 0 heterocycles. The highest BCUT2D eigenvalue weighted by Gasteiger charge is 2.25. The number of nitrogens with one attached hydrogen (secondary N) is 3. The lowest BCUT2D eigenvalue weighted by Gasteiger charge is -2.14. The van der Waals surface area contributed by atoms with E-state index < -0.39 is 4.92 Å². The van der Waals surface area contributed by atoms with E-state index in [9.17, 15) is 19.7 Å². The lowest BCUT2D eigenvalue weighted by atomic mass is 10.2. The second-order valence-corrected chi connectivity index (χ2v) is 5.96. The van der Waals surface area contributed by atoms with Gasteiger partial charge in [0.2, 0.25) is 0 Å². The van der Waals surface area contributed by atoms with Crippen LogP contribution in [0.4, 0.5) is 11.4 Å². The average Bonchev–Trinajstić information content (AvgIpc) is 3.24. The summed E-state index contributed by atoms with van der Waals surface area (Å²) in [7, 11) is 1.76. The van der Waals surface area contributed by atoms with Crippen LogP contribution in [-0.2, 0) is 9.59 Å². The van der Waals surface area contributed by atoms with Gasteiger partial charge in [-0.3, -0.25) is 19.7 Å². The van der Waals surface area contributed by atoms with Gasteiger partial charge in [-0.25, -0.2) is 0 Å². The number of likely N-dealkylation sites (N-methyl/N-ethyl adjacent to an activating group) is 1. The van der Waals surface area contributed by atoms with Crippen LogP contribution in [0, 0.1) is 17.0 Å². The first-order valence-electron chi connectivity index (χ1n) is 7.50. The van der Waals surface area contributed by atoms with Gasteiger partial charge in [0.25, 0.3) is 17.5 Å². The molecular weight excluding hydrogens is 300 g/mol. The number of aryl methyl sites for hydroxylation is 1. The molecule has 1 aliphatic carbocycles. The number of anilines is 1. The van der Waals surface area contributed by atoms with Crippen molar-refractivity contribution < 1.29 is 19.4 Å². The normalized spacial score (nSPS) is 14.9. The number of hydrogen-bond donors (Lipinski definition) is 3. The van der Waals surface area contributed by atoms with Gasteiger partial charge in [0.15, 0.2) is 13.1 Å². The van der Waals surface area contributed by atoms with E-state index in [1.807, 2.05) is 0 Å². The van der Waals surface area contributed by atoms with Crippen molar-refractivity contribution in [2.75, 3.05) is 25.5 Å². The quantitative estimate of drug-likeness (QED) is 0.471. The lowest BCUT2D eigenvalue weighted by Crippen LogP contribution is -3.11. The van der Waals surface area contributed by atoms with Crippen LogP contribution in [0.3, 0.4) is 0 Å². The highest BCUT2D eigenvalue weighted by molar-refractivity contribution is 5.92. The average molecular weight is 321 g/mol. The van der Waals surface area contributed by atoms with Crippen LogP contribution in [0.15, 0.2) is 18.2 Å².